The Morgan fingerprint density at radius 2 is 1.80 bits per heavy atom. The van der Waals surface area contributed by atoms with E-state index in [1.807, 2.05) is 0 Å². The van der Waals surface area contributed by atoms with Gasteiger partial charge < -0.3 is 0 Å². The normalized spacial score (nSPS) is 13.9. The highest BCUT2D eigenvalue weighted by Crippen LogP contribution is 2.34. The summed E-state index contributed by atoms with van der Waals surface area (Å²) in [5, 5.41) is 0. The van der Waals surface area contributed by atoms with E-state index in [9.17, 15) is 26.0 Å². The molecule has 0 aliphatic rings. The molecule has 25 heavy (non-hydrogen) atoms. The molecular formula is C14H9F4N3O2S2. The van der Waals surface area contributed by atoms with Gasteiger partial charge in [-0.15, -0.1) is 11.3 Å². The molecule has 3 rings (SSSR count). The van der Waals surface area contributed by atoms with Gasteiger partial charge in [0, 0.05) is 6.20 Å². The molecule has 1 unspecified atom stereocenters. The van der Waals surface area contributed by atoms with E-state index in [1.54, 1.807) is 4.72 Å². The van der Waals surface area contributed by atoms with Gasteiger partial charge in [0.25, 0.3) is 0 Å². The number of halogens is 4. The molecule has 0 radical (unpaired) electrons. The zero-order valence-corrected chi connectivity index (χ0v) is 13.8. The second-order valence-corrected chi connectivity index (χ2v) is 7.59. The summed E-state index contributed by atoms with van der Waals surface area (Å²) in [4.78, 5) is 7.27. The van der Waals surface area contributed by atoms with Crippen LogP contribution < -0.4 is 4.72 Å². The Morgan fingerprint density at radius 1 is 1.12 bits per heavy atom. The fourth-order valence-corrected chi connectivity index (χ4v) is 4.01. The van der Waals surface area contributed by atoms with E-state index >= 15 is 0 Å². The van der Waals surface area contributed by atoms with Crippen molar-refractivity contribution in [1.82, 2.24) is 14.7 Å². The number of rotatable bonds is 4. The average Bonchev–Trinajstić information content (AvgIpc) is 3.00. The standard InChI is InChI=1S/C14H9F4N3O2S2/c15-9-3-1-8(2-4-9)12(14(16,17)18)21-25(22,23)10-5-11-13(19-6-10)20-7-24-11/h1-7,12,21H. The molecule has 1 atom stereocenters. The number of alkyl halides is 3. The quantitative estimate of drug-likeness (QED) is 0.692. The van der Waals surface area contributed by atoms with Crippen LogP contribution in [0, 0.1) is 5.82 Å². The third-order valence-electron chi connectivity index (χ3n) is 3.28. The predicted octanol–water partition coefficient (Wildman–Crippen LogP) is 3.41. The molecule has 0 saturated carbocycles. The summed E-state index contributed by atoms with van der Waals surface area (Å²) in [5.74, 6) is -0.729. The van der Waals surface area contributed by atoms with Gasteiger partial charge in [-0.05, 0) is 23.8 Å². The van der Waals surface area contributed by atoms with Crippen LogP contribution in [-0.4, -0.2) is 24.6 Å². The van der Waals surface area contributed by atoms with Crippen molar-refractivity contribution in [1.29, 1.82) is 0 Å². The van der Waals surface area contributed by atoms with Crippen LogP contribution in [0.5, 0.6) is 0 Å². The molecule has 0 fully saturated rings. The van der Waals surface area contributed by atoms with Gasteiger partial charge in [-0.3, -0.25) is 0 Å². The van der Waals surface area contributed by atoms with Crippen LogP contribution in [0.15, 0.2) is 46.9 Å². The number of thiazole rings is 1. The molecule has 0 amide bonds. The maximum Gasteiger partial charge on any atom is 0.408 e. The van der Waals surface area contributed by atoms with Crippen molar-refractivity contribution in [2.24, 2.45) is 0 Å². The molecule has 5 nitrogen and oxygen atoms in total. The lowest BCUT2D eigenvalue weighted by molar-refractivity contribution is -0.153. The van der Waals surface area contributed by atoms with Crippen LogP contribution in [0.3, 0.4) is 0 Å². The number of hydrogen-bond acceptors (Lipinski definition) is 5. The van der Waals surface area contributed by atoms with Crippen LogP contribution in [0.4, 0.5) is 17.6 Å². The summed E-state index contributed by atoms with van der Waals surface area (Å²) >= 11 is 1.11. The number of hydrogen-bond donors (Lipinski definition) is 1. The van der Waals surface area contributed by atoms with Gasteiger partial charge in [0.2, 0.25) is 10.0 Å². The third kappa shape index (κ3) is 3.78. The van der Waals surface area contributed by atoms with Gasteiger partial charge in [0.15, 0.2) is 5.65 Å². The highest BCUT2D eigenvalue weighted by Gasteiger charge is 2.43. The number of fused-ring (bicyclic) bond motifs is 1. The Kier molecular flexibility index (Phi) is 4.47. The molecule has 0 spiro atoms. The molecule has 0 bridgehead atoms. The molecule has 2 aromatic heterocycles. The van der Waals surface area contributed by atoms with Crippen molar-refractivity contribution in [3.63, 3.8) is 0 Å². The summed E-state index contributed by atoms with van der Waals surface area (Å²) < 4.78 is 79.6. The Bertz CT molecular complexity index is 1000. The van der Waals surface area contributed by atoms with Crippen molar-refractivity contribution in [2.75, 3.05) is 0 Å². The third-order valence-corrected chi connectivity index (χ3v) is 5.43. The molecule has 0 saturated heterocycles. The van der Waals surface area contributed by atoms with Gasteiger partial charge in [-0.2, -0.15) is 17.9 Å². The van der Waals surface area contributed by atoms with E-state index in [1.165, 1.54) is 11.6 Å². The average molecular weight is 391 g/mol. The maximum absolute atomic E-state index is 13.3. The Morgan fingerprint density at radius 3 is 2.44 bits per heavy atom. The fourth-order valence-electron chi connectivity index (χ4n) is 2.09. The summed E-state index contributed by atoms with van der Waals surface area (Å²) in [6.45, 7) is 0. The first-order valence-electron chi connectivity index (χ1n) is 6.70. The van der Waals surface area contributed by atoms with Crippen LogP contribution >= 0.6 is 11.3 Å². The van der Waals surface area contributed by atoms with Crippen LogP contribution in [0.25, 0.3) is 10.3 Å². The largest absolute Gasteiger partial charge is 0.408 e. The summed E-state index contributed by atoms with van der Waals surface area (Å²) in [6.07, 6.45) is -3.98. The summed E-state index contributed by atoms with van der Waals surface area (Å²) in [6, 6.07) is 2.08. The number of aromatic nitrogens is 2. The smallest absolute Gasteiger partial charge is 0.234 e. The second-order valence-electron chi connectivity index (χ2n) is 4.99. The van der Waals surface area contributed by atoms with Crippen molar-refractivity contribution in [2.45, 2.75) is 17.1 Å². The molecule has 2 heterocycles. The maximum atomic E-state index is 13.3. The van der Waals surface area contributed by atoms with Crippen molar-refractivity contribution < 1.29 is 26.0 Å². The summed E-state index contributed by atoms with van der Waals surface area (Å²) in [5.41, 5.74) is 1.32. The predicted molar refractivity (Wildman–Crippen MR) is 82.9 cm³/mol. The molecule has 1 aromatic carbocycles. The highest BCUT2D eigenvalue weighted by atomic mass is 32.2. The lowest BCUT2D eigenvalue weighted by atomic mass is 10.1. The van der Waals surface area contributed by atoms with Crippen molar-refractivity contribution in [3.05, 3.63) is 53.4 Å². The molecule has 3 aromatic rings. The lowest BCUT2D eigenvalue weighted by Gasteiger charge is -2.22. The van der Waals surface area contributed by atoms with Crippen LogP contribution in [0.1, 0.15) is 11.6 Å². The van der Waals surface area contributed by atoms with Crippen LogP contribution in [0.2, 0.25) is 0 Å². The first kappa shape index (κ1) is 17.7. The van der Waals surface area contributed by atoms with E-state index in [0.717, 1.165) is 41.8 Å². The number of sulfonamides is 1. The number of nitrogens with one attached hydrogen (secondary N) is 1. The molecule has 11 heteroatoms. The van der Waals surface area contributed by atoms with Crippen molar-refractivity contribution in [3.8, 4) is 0 Å². The minimum atomic E-state index is -4.91. The highest BCUT2D eigenvalue weighted by molar-refractivity contribution is 7.89. The Labute approximate surface area is 143 Å². The Balaban J connectivity index is 1.98. The SMILES string of the molecule is O=S(=O)(NC(c1ccc(F)cc1)C(F)(F)F)c1cnc2ncsc2c1. The fraction of sp³-hybridized carbons (Fsp3) is 0.143. The van der Waals surface area contributed by atoms with Gasteiger partial charge in [-0.25, -0.2) is 22.8 Å². The van der Waals surface area contributed by atoms with Gasteiger partial charge in [0.05, 0.1) is 10.2 Å². The van der Waals surface area contributed by atoms with E-state index in [2.05, 4.69) is 9.97 Å². The van der Waals surface area contributed by atoms with Gasteiger partial charge >= 0.3 is 6.18 Å². The lowest BCUT2D eigenvalue weighted by Crippen LogP contribution is -2.38. The van der Waals surface area contributed by atoms with Crippen molar-refractivity contribution >= 4 is 31.7 Å². The van der Waals surface area contributed by atoms with Gasteiger partial charge in [0.1, 0.15) is 16.8 Å². The first-order chi connectivity index (χ1) is 11.7. The van der Waals surface area contributed by atoms with E-state index in [4.69, 9.17) is 0 Å². The monoisotopic (exact) mass is 391 g/mol. The molecule has 1 N–H and O–H groups in total. The van der Waals surface area contributed by atoms with E-state index < -0.39 is 38.5 Å². The zero-order valence-electron chi connectivity index (χ0n) is 12.2. The summed E-state index contributed by atoms with van der Waals surface area (Å²) in [7, 11) is -4.52. The minimum Gasteiger partial charge on any atom is -0.234 e. The molecule has 0 aliphatic heterocycles. The number of pyridine rings is 1. The minimum absolute atomic E-state index is 0.301. The van der Waals surface area contributed by atoms with E-state index in [0.29, 0.717) is 10.3 Å². The first-order valence-corrected chi connectivity index (χ1v) is 9.07. The van der Waals surface area contributed by atoms with Gasteiger partial charge in [-0.1, -0.05) is 12.1 Å². The molecule has 132 valence electrons. The molecule has 0 aliphatic carbocycles. The zero-order chi connectivity index (χ0) is 18.2. The topological polar surface area (TPSA) is 72.0 Å². The molecular weight excluding hydrogens is 382 g/mol. The number of nitrogens with zero attached hydrogens (tertiary/aromatic N) is 2. The number of benzene rings is 1. The van der Waals surface area contributed by atoms with Crippen LogP contribution in [-0.2, 0) is 10.0 Å². The Hall–Kier alpha value is -2.11. The van der Waals surface area contributed by atoms with E-state index in [-0.39, 0.29) is 0 Å². The second kappa shape index (κ2) is 6.32.